The van der Waals surface area contributed by atoms with Gasteiger partial charge in [0.05, 0.1) is 62.9 Å². The van der Waals surface area contributed by atoms with E-state index >= 15 is 0 Å². The number of aryl methyl sites for hydroxylation is 8. The zero-order valence-electron chi connectivity index (χ0n) is 70.3. The molecule has 0 fully saturated rings. The SMILES string of the molecule is Cc1c(-c2c3cc4ccccc4c(C(F)(F)F)c3nc[n+]2C)cc(CO)c2ccccc12.Cc1c(-c2c3cc4ccccc4c(C(F)(F)F)c3nc[n+]2C)cc(N(C)C)c2ccccc12.Cc1cc(CO)cc(-c2c3cc4ccccc4c(C(F)(F)F)c3nc[n+]2C)c1C.Cc1cc(N(C)C)cc(-c2c3cc4ccccc4c(C(F)(F)F)c3nc[n+]2C)c1C. The number of alkyl halides is 12. The minimum Gasteiger partial charge on any atom is -0.392 e. The van der Waals surface area contributed by atoms with E-state index in [1.54, 1.807) is 113 Å². The third-order valence-corrected chi connectivity index (χ3v) is 23.5. The van der Waals surface area contributed by atoms with Crippen molar-refractivity contribution in [3.8, 4) is 45.0 Å². The molecule has 0 unspecified atom stereocenters. The molecule has 0 saturated heterocycles. The van der Waals surface area contributed by atoms with Crippen molar-refractivity contribution in [2.24, 2.45) is 28.2 Å². The largest absolute Gasteiger partial charge is 0.421 e. The Labute approximate surface area is 706 Å². The number of rotatable bonds is 8. The van der Waals surface area contributed by atoms with Crippen molar-refractivity contribution in [2.45, 2.75) is 79.5 Å². The molecule has 12 nitrogen and oxygen atoms in total. The fourth-order valence-electron chi connectivity index (χ4n) is 17.4. The maximum absolute atomic E-state index is 14.3. The van der Waals surface area contributed by atoms with Crippen LogP contribution >= 0.6 is 0 Å². The van der Waals surface area contributed by atoms with Crippen LogP contribution in [0.15, 0.2) is 232 Å². The molecule has 18 rings (SSSR count). The topological polar surface area (TPSA) is 114 Å². The van der Waals surface area contributed by atoms with Crippen LogP contribution in [0.5, 0.6) is 0 Å². The lowest BCUT2D eigenvalue weighted by atomic mass is 9.91. The molecular weight excluding hydrogens is 1600 g/mol. The Kier molecular flexibility index (Phi) is 22.7. The number of aliphatic hydroxyl groups is 2. The Bertz CT molecular complexity index is 7370. The molecular formula is C100H86F12N10O2+4. The predicted molar refractivity (Wildman–Crippen MR) is 467 cm³/mol. The van der Waals surface area contributed by atoms with Crippen molar-refractivity contribution < 1.29 is 81.2 Å². The summed E-state index contributed by atoms with van der Waals surface area (Å²) in [5.74, 6) is 0. The normalized spacial score (nSPS) is 12.1. The van der Waals surface area contributed by atoms with Crippen LogP contribution < -0.4 is 28.1 Å². The lowest BCUT2D eigenvalue weighted by Crippen LogP contribution is -2.32. The Morgan fingerprint density at radius 1 is 0.290 bits per heavy atom. The van der Waals surface area contributed by atoms with Crippen LogP contribution in [0.3, 0.4) is 0 Å². The number of halogens is 12. The van der Waals surface area contributed by atoms with Crippen LogP contribution in [-0.2, 0) is 66.1 Å². The van der Waals surface area contributed by atoms with E-state index in [0.717, 1.165) is 99.8 Å². The molecule has 628 valence electrons. The number of aliphatic hydroxyl groups excluding tert-OH is 2. The molecule has 0 spiro atoms. The first-order chi connectivity index (χ1) is 58.8. The quantitative estimate of drug-likeness (QED) is 0.0879. The van der Waals surface area contributed by atoms with Crippen molar-refractivity contribution in [3.05, 3.63) is 298 Å². The summed E-state index contributed by atoms with van der Waals surface area (Å²) in [6.45, 7) is 11.6. The van der Waals surface area contributed by atoms with Crippen LogP contribution in [0.1, 0.15) is 66.8 Å². The summed E-state index contributed by atoms with van der Waals surface area (Å²) >= 11 is 0. The molecule has 24 heteroatoms. The standard InChI is InChI=1S/C27H23F3N3.C26H20F3N2O.C24H23F3N3.C23H20F3N2O/c1-16-18-10-7-8-12-20(18)23(32(2)3)14-21(16)26-22-13-17-9-5-6-11-19(17)24(27(28,29)30)25(22)31-15-33(26)4;1-15-18-8-5-6-9-19(18)17(13-32)12-21(15)25-22-11-16-7-3-4-10-20(16)23(26(27,28)29)24(22)30-14-31(25)2;1-14-10-17(29(3)4)12-19(15(14)2)23-20-11-16-8-6-7-9-18(16)21(24(25,26)27)22(20)28-13-30(23)5;1-13-8-15(11-29)9-18(14(13)2)22-19-10-16-6-4-5-7-17(16)20(23(24,25)26)21(19)27-12-28(22)3/h5-15H,1-4H3;3-12,14,32H,13H2,1-2H3;6-13H,1-5H3;4-10,12,29H,11H2,1-3H3/q4*+1. The van der Waals surface area contributed by atoms with Gasteiger partial charge in [-0.15, -0.1) is 0 Å². The van der Waals surface area contributed by atoms with Crippen LogP contribution in [0.2, 0.25) is 0 Å². The molecule has 0 aliphatic heterocycles. The minimum absolute atomic E-state index is 0.0263. The molecule has 4 heterocycles. The summed E-state index contributed by atoms with van der Waals surface area (Å²) in [4.78, 5) is 20.9. The van der Waals surface area contributed by atoms with E-state index in [4.69, 9.17) is 0 Å². The van der Waals surface area contributed by atoms with Gasteiger partial charge in [0.15, 0.2) is 22.1 Å². The van der Waals surface area contributed by atoms with E-state index in [1.165, 1.54) is 49.6 Å². The summed E-state index contributed by atoms with van der Waals surface area (Å²) in [6.07, 6.45) is -12.4. The van der Waals surface area contributed by atoms with E-state index in [1.807, 2.05) is 171 Å². The number of aromatic nitrogens is 8. The second-order valence-electron chi connectivity index (χ2n) is 31.8. The van der Waals surface area contributed by atoms with Gasteiger partial charge >= 0.3 is 24.7 Å². The van der Waals surface area contributed by atoms with Crippen molar-refractivity contribution >= 4 is 120 Å². The van der Waals surface area contributed by atoms with Gasteiger partial charge in [0.1, 0.15) is 45.0 Å². The number of anilines is 2. The molecule has 0 bridgehead atoms. The fraction of sp³-hybridized carbons (Fsp3) is 0.200. The third kappa shape index (κ3) is 15.5. The second kappa shape index (κ2) is 32.8. The van der Waals surface area contributed by atoms with Crippen LogP contribution in [0, 0.1) is 41.5 Å². The smallest absolute Gasteiger partial charge is 0.392 e. The Hall–Kier alpha value is -13.3. The van der Waals surface area contributed by atoms with Gasteiger partial charge in [0, 0.05) is 67.2 Å². The first-order valence-corrected chi connectivity index (χ1v) is 39.7. The molecule has 0 aliphatic carbocycles. The Morgan fingerprint density at radius 3 is 0.887 bits per heavy atom. The number of hydrogen-bond acceptors (Lipinski definition) is 8. The van der Waals surface area contributed by atoms with Gasteiger partial charge < -0.3 is 20.0 Å². The molecule has 0 atom stereocenters. The van der Waals surface area contributed by atoms with Crippen molar-refractivity contribution in [1.29, 1.82) is 0 Å². The lowest BCUT2D eigenvalue weighted by Gasteiger charge is -2.20. The van der Waals surface area contributed by atoms with E-state index in [-0.39, 0.29) is 56.8 Å². The van der Waals surface area contributed by atoms with E-state index in [2.05, 4.69) is 44.2 Å². The van der Waals surface area contributed by atoms with Gasteiger partial charge in [-0.3, -0.25) is 0 Å². The highest BCUT2D eigenvalue weighted by Crippen LogP contribution is 2.49. The number of benzene rings is 14. The Morgan fingerprint density at radius 2 is 0.573 bits per heavy atom. The Balaban J connectivity index is 0.000000128. The predicted octanol–water partition coefficient (Wildman–Crippen LogP) is 22.9. The fourth-order valence-corrected chi connectivity index (χ4v) is 17.4. The molecule has 0 aliphatic rings. The molecule has 14 aromatic carbocycles. The van der Waals surface area contributed by atoms with Gasteiger partial charge in [0.2, 0.25) is 0 Å². The van der Waals surface area contributed by atoms with Crippen molar-refractivity contribution in [2.75, 3.05) is 38.0 Å². The molecule has 0 saturated carbocycles. The molecule has 2 N–H and O–H groups in total. The van der Waals surface area contributed by atoms with Gasteiger partial charge in [-0.05, 0) is 220 Å². The van der Waals surface area contributed by atoms with E-state index in [0.29, 0.717) is 65.7 Å². The highest BCUT2D eigenvalue weighted by Gasteiger charge is 2.43. The van der Waals surface area contributed by atoms with Gasteiger partial charge in [0.25, 0.3) is 25.3 Å². The third-order valence-electron chi connectivity index (χ3n) is 23.5. The number of nitrogens with zero attached hydrogens (tertiary/aromatic N) is 10. The average molecular weight is 1690 g/mol. The van der Waals surface area contributed by atoms with Gasteiger partial charge in [-0.25, -0.2) is 18.3 Å². The molecule has 18 aromatic rings. The maximum atomic E-state index is 14.3. The summed E-state index contributed by atoms with van der Waals surface area (Å²) in [5, 5.41) is 28.2. The maximum Gasteiger partial charge on any atom is 0.421 e. The molecule has 124 heavy (non-hydrogen) atoms. The highest BCUT2D eigenvalue weighted by atomic mass is 19.4. The summed E-state index contributed by atoms with van der Waals surface area (Å²) in [5.41, 5.74) is 12.4. The van der Waals surface area contributed by atoms with Gasteiger partial charge in [-0.1, -0.05) is 152 Å². The van der Waals surface area contributed by atoms with Crippen molar-refractivity contribution in [3.63, 3.8) is 0 Å². The van der Waals surface area contributed by atoms with Crippen molar-refractivity contribution in [1.82, 2.24) is 19.9 Å². The summed E-state index contributed by atoms with van der Waals surface area (Å²) in [6, 6.07) is 61.0. The number of hydrogen-bond donors (Lipinski definition) is 2. The molecule has 0 radical (unpaired) electrons. The van der Waals surface area contributed by atoms with Crippen LogP contribution in [0.25, 0.3) is 153 Å². The monoisotopic (exact) mass is 1690 g/mol. The summed E-state index contributed by atoms with van der Waals surface area (Å²) < 4.78 is 177. The van der Waals surface area contributed by atoms with E-state index in [9.17, 15) is 62.9 Å². The zero-order valence-corrected chi connectivity index (χ0v) is 70.3. The second-order valence-corrected chi connectivity index (χ2v) is 31.8. The average Bonchev–Trinajstić information content (AvgIpc) is 0.738. The molecule has 4 aromatic heterocycles. The first kappa shape index (κ1) is 85.7. The van der Waals surface area contributed by atoms with E-state index < -0.39 is 47.0 Å². The van der Waals surface area contributed by atoms with Gasteiger partial charge in [-0.2, -0.15) is 52.7 Å². The number of fused-ring (bicyclic) bond motifs is 10. The first-order valence-electron chi connectivity index (χ1n) is 39.7. The van der Waals surface area contributed by atoms with Crippen LogP contribution in [0.4, 0.5) is 64.1 Å². The minimum atomic E-state index is -4.56. The van der Waals surface area contributed by atoms with Crippen LogP contribution in [-0.4, -0.2) is 58.3 Å². The summed E-state index contributed by atoms with van der Waals surface area (Å²) in [7, 11) is 15.0. The zero-order chi connectivity index (χ0) is 88.8. The lowest BCUT2D eigenvalue weighted by molar-refractivity contribution is -0.662. The highest BCUT2D eigenvalue weighted by molar-refractivity contribution is 6.11. The molecule has 0 amide bonds.